The number of carbonyl (C=O) groups is 3. The number of hydrogen-bond donors (Lipinski definition) is 1. The van der Waals surface area contributed by atoms with E-state index < -0.39 is 17.8 Å². The highest BCUT2D eigenvalue weighted by atomic mass is 16.5. The van der Waals surface area contributed by atoms with Crippen molar-refractivity contribution in [2.75, 3.05) is 12.0 Å². The summed E-state index contributed by atoms with van der Waals surface area (Å²) in [5, 5.41) is 2.22. The van der Waals surface area contributed by atoms with E-state index in [9.17, 15) is 14.4 Å². The van der Waals surface area contributed by atoms with E-state index in [-0.39, 0.29) is 5.57 Å². The van der Waals surface area contributed by atoms with Gasteiger partial charge < -0.3 is 9.47 Å². The number of ether oxygens (including phenoxy) is 2. The van der Waals surface area contributed by atoms with Gasteiger partial charge in [0, 0.05) is 0 Å². The number of barbiturate groups is 1. The molecule has 0 unspecified atom stereocenters. The van der Waals surface area contributed by atoms with Crippen molar-refractivity contribution < 1.29 is 23.9 Å². The molecule has 4 amide bonds. The van der Waals surface area contributed by atoms with Crippen molar-refractivity contribution >= 4 is 29.6 Å². The number of anilines is 1. The molecule has 1 aliphatic rings. The van der Waals surface area contributed by atoms with Gasteiger partial charge in [0.1, 0.15) is 23.7 Å². The van der Waals surface area contributed by atoms with Crippen LogP contribution in [0.1, 0.15) is 16.7 Å². The summed E-state index contributed by atoms with van der Waals surface area (Å²) in [6.45, 7) is 2.42. The zero-order valence-electron chi connectivity index (χ0n) is 18.2. The summed E-state index contributed by atoms with van der Waals surface area (Å²) < 4.78 is 10.9. The summed E-state index contributed by atoms with van der Waals surface area (Å²) in [7, 11) is 1.55. The van der Waals surface area contributed by atoms with Gasteiger partial charge >= 0.3 is 6.03 Å². The lowest BCUT2D eigenvalue weighted by Crippen LogP contribution is -2.54. The molecule has 0 radical (unpaired) electrons. The van der Waals surface area contributed by atoms with E-state index in [1.165, 1.54) is 11.6 Å². The smallest absolute Gasteiger partial charge is 0.335 e. The van der Waals surface area contributed by atoms with Gasteiger partial charge in [0.2, 0.25) is 0 Å². The highest BCUT2D eigenvalue weighted by Gasteiger charge is 2.36. The maximum absolute atomic E-state index is 13.0. The highest BCUT2D eigenvalue weighted by molar-refractivity contribution is 6.39. The van der Waals surface area contributed by atoms with Gasteiger partial charge in [0.25, 0.3) is 11.8 Å². The fraction of sp³-hybridized carbons (Fsp3) is 0.115. The van der Waals surface area contributed by atoms with Crippen LogP contribution in [0.25, 0.3) is 6.08 Å². The summed E-state index contributed by atoms with van der Waals surface area (Å²) in [4.78, 5) is 38.7. The summed E-state index contributed by atoms with van der Waals surface area (Å²) in [6, 6.07) is 20.6. The number of nitrogens with zero attached hydrogens (tertiary/aromatic N) is 1. The molecule has 0 aliphatic carbocycles. The minimum absolute atomic E-state index is 0.139. The van der Waals surface area contributed by atoms with Gasteiger partial charge in [-0.15, -0.1) is 0 Å². The lowest BCUT2D eigenvalue weighted by Gasteiger charge is -2.26. The van der Waals surface area contributed by atoms with Crippen molar-refractivity contribution in [3.05, 3.63) is 95.1 Å². The van der Waals surface area contributed by atoms with Crippen LogP contribution in [0.3, 0.4) is 0 Å². The van der Waals surface area contributed by atoms with Gasteiger partial charge in [-0.3, -0.25) is 14.9 Å². The molecule has 1 N–H and O–H groups in total. The lowest BCUT2D eigenvalue weighted by atomic mass is 10.1. The zero-order chi connectivity index (χ0) is 23.4. The van der Waals surface area contributed by atoms with Crippen LogP contribution < -0.4 is 19.7 Å². The Labute approximate surface area is 191 Å². The number of rotatable bonds is 6. The Hall–Kier alpha value is -4.39. The van der Waals surface area contributed by atoms with E-state index in [0.717, 1.165) is 10.5 Å². The molecular formula is C26H22N2O5. The molecule has 0 atom stereocenters. The van der Waals surface area contributed by atoms with E-state index in [4.69, 9.17) is 9.47 Å². The van der Waals surface area contributed by atoms with Gasteiger partial charge in [0.15, 0.2) is 0 Å². The third-order valence-corrected chi connectivity index (χ3v) is 5.15. The minimum atomic E-state index is -0.801. The number of benzene rings is 3. The maximum atomic E-state index is 13.0. The van der Waals surface area contributed by atoms with Crippen molar-refractivity contribution in [1.82, 2.24) is 5.32 Å². The molecule has 166 valence electrons. The first kappa shape index (κ1) is 21.8. The van der Waals surface area contributed by atoms with Crippen molar-refractivity contribution in [1.29, 1.82) is 0 Å². The van der Waals surface area contributed by atoms with Gasteiger partial charge in [-0.1, -0.05) is 42.0 Å². The van der Waals surface area contributed by atoms with Gasteiger partial charge in [-0.2, -0.15) is 0 Å². The molecule has 1 heterocycles. The highest BCUT2D eigenvalue weighted by Crippen LogP contribution is 2.25. The Morgan fingerprint density at radius 3 is 2.12 bits per heavy atom. The molecule has 3 aromatic carbocycles. The van der Waals surface area contributed by atoms with Crippen LogP contribution >= 0.6 is 0 Å². The second-order valence-electron chi connectivity index (χ2n) is 7.50. The van der Waals surface area contributed by atoms with Crippen molar-refractivity contribution in [2.45, 2.75) is 13.5 Å². The molecule has 33 heavy (non-hydrogen) atoms. The molecule has 3 aromatic rings. The fourth-order valence-electron chi connectivity index (χ4n) is 3.30. The molecule has 4 rings (SSSR count). The third kappa shape index (κ3) is 4.93. The topological polar surface area (TPSA) is 84.9 Å². The Morgan fingerprint density at radius 1 is 0.848 bits per heavy atom. The SMILES string of the molecule is COc1ccc(/C=C2\C(=O)NC(=O)N(c3ccc(OCc4ccc(C)cc4)cc3)C2=O)cc1. The van der Waals surface area contributed by atoms with Gasteiger partial charge in [-0.25, -0.2) is 9.69 Å². The van der Waals surface area contributed by atoms with Crippen LogP contribution in [0.15, 0.2) is 78.4 Å². The Balaban J connectivity index is 1.51. The number of urea groups is 1. The molecule has 0 aromatic heterocycles. The number of imide groups is 2. The molecular weight excluding hydrogens is 420 g/mol. The maximum Gasteiger partial charge on any atom is 0.335 e. The molecule has 1 aliphatic heterocycles. The van der Waals surface area contributed by atoms with E-state index in [1.807, 2.05) is 31.2 Å². The second-order valence-corrected chi connectivity index (χ2v) is 7.50. The monoisotopic (exact) mass is 442 g/mol. The van der Waals surface area contributed by atoms with Crippen molar-refractivity contribution in [3.63, 3.8) is 0 Å². The Morgan fingerprint density at radius 2 is 1.48 bits per heavy atom. The first-order valence-electron chi connectivity index (χ1n) is 10.3. The molecule has 0 bridgehead atoms. The van der Waals surface area contributed by atoms with Gasteiger partial charge in [-0.05, 0) is 60.5 Å². The molecule has 0 saturated carbocycles. The number of aryl methyl sites for hydroxylation is 1. The fourth-order valence-corrected chi connectivity index (χ4v) is 3.30. The summed E-state index contributed by atoms with van der Waals surface area (Å²) >= 11 is 0. The number of hydrogen-bond acceptors (Lipinski definition) is 5. The van der Waals surface area contributed by atoms with Crippen LogP contribution in [-0.4, -0.2) is 25.0 Å². The number of carbonyl (C=O) groups excluding carboxylic acids is 3. The summed E-state index contributed by atoms with van der Waals surface area (Å²) in [6.07, 6.45) is 1.44. The van der Waals surface area contributed by atoms with Crippen molar-refractivity contribution in [2.24, 2.45) is 0 Å². The molecule has 7 nitrogen and oxygen atoms in total. The van der Waals surface area contributed by atoms with Crippen LogP contribution in [-0.2, 0) is 16.2 Å². The minimum Gasteiger partial charge on any atom is -0.497 e. The number of amides is 4. The summed E-state index contributed by atoms with van der Waals surface area (Å²) in [5.41, 5.74) is 3.02. The molecule has 1 fully saturated rings. The molecule has 7 heteroatoms. The predicted octanol–water partition coefficient (Wildman–Crippen LogP) is 4.25. The first-order chi connectivity index (χ1) is 15.9. The number of nitrogens with one attached hydrogen (secondary N) is 1. The molecule has 0 spiro atoms. The lowest BCUT2D eigenvalue weighted by molar-refractivity contribution is -0.122. The van der Waals surface area contributed by atoms with Crippen molar-refractivity contribution in [3.8, 4) is 11.5 Å². The average Bonchev–Trinajstić information content (AvgIpc) is 2.82. The molecule has 1 saturated heterocycles. The van der Waals surface area contributed by atoms with Crippen LogP contribution in [0.4, 0.5) is 10.5 Å². The van der Waals surface area contributed by atoms with E-state index in [0.29, 0.717) is 29.4 Å². The van der Waals surface area contributed by atoms with E-state index in [1.54, 1.807) is 55.6 Å². The quantitative estimate of drug-likeness (QED) is 0.456. The van der Waals surface area contributed by atoms with Crippen LogP contribution in [0, 0.1) is 6.92 Å². The number of methoxy groups -OCH3 is 1. The largest absolute Gasteiger partial charge is 0.497 e. The Bertz CT molecular complexity index is 1210. The second kappa shape index (κ2) is 9.40. The van der Waals surface area contributed by atoms with Crippen LogP contribution in [0.5, 0.6) is 11.5 Å². The zero-order valence-corrected chi connectivity index (χ0v) is 18.2. The normalized spacial score (nSPS) is 14.9. The Kier molecular flexibility index (Phi) is 6.22. The average molecular weight is 442 g/mol. The summed E-state index contributed by atoms with van der Waals surface area (Å²) in [5.74, 6) is -0.199. The van der Waals surface area contributed by atoms with Crippen LogP contribution in [0.2, 0.25) is 0 Å². The predicted molar refractivity (Wildman–Crippen MR) is 124 cm³/mol. The van der Waals surface area contributed by atoms with E-state index >= 15 is 0 Å². The van der Waals surface area contributed by atoms with Gasteiger partial charge in [0.05, 0.1) is 12.8 Å². The standard InChI is InChI=1S/C26H22N2O5/c1-17-3-5-19(6-4-17)16-33-22-13-9-20(10-14-22)28-25(30)23(24(29)27-26(28)31)15-18-7-11-21(32-2)12-8-18/h3-15H,16H2,1-2H3,(H,27,29,31)/b23-15+. The third-order valence-electron chi connectivity index (χ3n) is 5.15. The first-order valence-corrected chi connectivity index (χ1v) is 10.3. The van der Waals surface area contributed by atoms with E-state index in [2.05, 4.69) is 5.32 Å².